The number of carbonyl (C=O) groups is 1. The smallest absolute Gasteiger partial charge is 0.366 e. The highest BCUT2D eigenvalue weighted by Crippen LogP contribution is 2.40. The van der Waals surface area contributed by atoms with Crippen LogP contribution in [0.25, 0.3) is 11.3 Å². The van der Waals surface area contributed by atoms with Crippen LogP contribution in [0.3, 0.4) is 0 Å². The third-order valence-corrected chi connectivity index (χ3v) is 5.55. The second-order valence-corrected chi connectivity index (χ2v) is 7.60. The molecule has 1 atom stereocenters. The predicted molar refractivity (Wildman–Crippen MR) is 111 cm³/mol. The number of alkyl halides is 3. The van der Waals surface area contributed by atoms with E-state index in [9.17, 15) is 18.0 Å². The molecule has 8 nitrogen and oxygen atoms in total. The zero-order valence-corrected chi connectivity index (χ0v) is 16.8. The minimum atomic E-state index is -4.56. The number of pyridine rings is 2. The summed E-state index contributed by atoms with van der Waals surface area (Å²) in [6, 6.07) is 5.38. The van der Waals surface area contributed by atoms with Gasteiger partial charge in [0.05, 0.1) is 23.6 Å². The molecule has 5 rings (SSSR count). The highest BCUT2D eigenvalue weighted by molar-refractivity contribution is 6.04. The zero-order chi connectivity index (χ0) is 22.3. The van der Waals surface area contributed by atoms with Crippen molar-refractivity contribution in [2.24, 2.45) is 0 Å². The van der Waals surface area contributed by atoms with Gasteiger partial charge in [-0.05, 0) is 37.1 Å². The van der Waals surface area contributed by atoms with Crippen molar-refractivity contribution in [3.8, 4) is 11.3 Å². The molecule has 164 valence electrons. The van der Waals surface area contributed by atoms with Gasteiger partial charge in [0.1, 0.15) is 5.69 Å². The first-order valence-corrected chi connectivity index (χ1v) is 10.1. The van der Waals surface area contributed by atoms with Gasteiger partial charge >= 0.3 is 12.2 Å². The van der Waals surface area contributed by atoms with Crippen LogP contribution in [-0.2, 0) is 6.18 Å². The molecular weight excluding hydrogens is 423 g/mol. The number of rotatable bonds is 2. The van der Waals surface area contributed by atoms with Gasteiger partial charge in [0.2, 0.25) is 0 Å². The van der Waals surface area contributed by atoms with Crippen molar-refractivity contribution in [1.82, 2.24) is 19.9 Å². The lowest BCUT2D eigenvalue weighted by Crippen LogP contribution is -2.56. The number of fused-ring (bicyclic) bond motifs is 4. The number of aromatic nitrogens is 4. The van der Waals surface area contributed by atoms with Crippen molar-refractivity contribution in [2.75, 3.05) is 28.2 Å². The second kappa shape index (κ2) is 7.74. The summed E-state index contributed by atoms with van der Waals surface area (Å²) in [6.07, 6.45) is 2.67. The SMILES string of the molecule is O=C(Nc1cnccn1)N1c2nc(-c3ccnc(C(F)(F)F)c3)ccc2N2CCC[C@H]1C2. The summed E-state index contributed by atoms with van der Waals surface area (Å²) >= 11 is 0. The van der Waals surface area contributed by atoms with Crippen molar-refractivity contribution >= 4 is 23.4 Å². The van der Waals surface area contributed by atoms with E-state index >= 15 is 0 Å². The van der Waals surface area contributed by atoms with Gasteiger partial charge in [-0.1, -0.05) is 0 Å². The number of hydrogen-bond acceptors (Lipinski definition) is 6. The van der Waals surface area contributed by atoms with Crippen LogP contribution in [-0.4, -0.2) is 45.1 Å². The Morgan fingerprint density at radius 3 is 2.78 bits per heavy atom. The molecule has 1 saturated heterocycles. The molecule has 5 heterocycles. The van der Waals surface area contributed by atoms with Gasteiger partial charge in [0.25, 0.3) is 0 Å². The Bertz CT molecular complexity index is 1160. The first-order valence-electron chi connectivity index (χ1n) is 10.1. The van der Waals surface area contributed by atoms with Crippen molar-refractivity contribution in [3.05, 3.63) is 54.7 Å². The molecule has 1 N–H and O–H groups in total. The number of hydrogen-bond donors (Lipinski definition) is 1. The van der Waals surface area contributed by atoms with Crippen LogP contribution in [0, 0.1) is 0 Å². The van der Waals surface area contributed by atoms with Crippen molar-refractivity contribution < 1.29 is 18.0 Å². The fourth-order valence-electron chi connectivity index (χ4n) is 4.12. The number of nitrogens with zero attached hydrogens (tertiary/aromatic N) is 6. The van der Waals surface area contributed by atoms with Crippen LogP contribution in [0.2, 0.25) is 0 Å². The van der Waals surface area contributed by atoms with Gasteiger partial charge in [-0.25, -0.2) is 14.8 Å². The molecular formula is C21H18F3N7O. The average Bonchev–Trinajstić information content (AvgIpc) is 2.79. The van der Waals surface area contributed by atoms with Gasteiger partial charge in [0.15, 0.2) is 11.6 Å². The molecule has 0 saturated carbocycles. The Kier molecular flexibility index (Phi) is 4.87. The molecule has 0 radical (unpaired) electrons. The van der Waals surface area contributed by atoms with E-state index in [-0.39, 0.29) is 11.6 Å². The zero-order valence-electron chi connectivity index (χ0n) is 16.8. The summed E-state index contributed by atoms with van der Waals surface area (Å²) in [7, 11) is 0. The number of halogens is 3. The second-order valence-electron chi connectivity index (χ2n) is 7.60. The molecule has 0 aromatic carbocycles. The monoisotopic (exact) mass is 441 g/mol. The van der Waals surface area contributed by atoms with Crippen LogP contribution in [0.5, 0.6) is 0 Å². The molecule has 2 amide bonds. The van der Waals surface area contributed by atoms with Crippen LogP contribution in [0.15, 0.2) is 49.1 Å². The number of carbonyl (C=O) groups excluding carboxylic acids is 1. The Labute approximate surface area is 181 Å². The molecule has 2 bridgehead atoms. The molecule has 11 heteroatoms. The first kappa shape index (κ1) is 20.2. The molecule has 2 aliphatic rings. The summed E-state index contributed by atoms with van der Waals surface area (Å²) in [5.74, 6) is 0.711. The maximum Gasteiger partial charge on any atom is 0.433 e. The number of nitrogens with one attached hydrogen (secondary N) is 1. The molecule has 0 spiro atoms. The lowest BCUT2D eigenvalue weighted by atomic mass is 9.99. The largest absolute Gasteiger partial charge is 0.433 e. The Morgan fingerprint density at radius 1 is 1.12 bits per heavy atom. The number of anilines is 3. The third-order valence-electron chi connectivity index (χ3n) is 5.55. The Morgan fingerprint density at radius 2 is 2.00 bits per heavy atom. The van der Waals surface area contributed by atoms with Gasteiger partial charge in [-0.3, -0.25) is 20.2 Å². The van der Waals surface area contributed by atoms with E-state index in [1.807, 2.05) is 0 Å². The van der Waals surface area contributed by atoms with Gasteiger partial charge in [0, 0.05) is 37.2 Å². The summed E-state index contributed by atoms with van der Waals surface area (Å²) in [6.45, 7) is 1.49. The van der Waals surface area contributed by atoms with E-state index < -0.39 is 17.9 Å². The highest BCUT2D eigenvalue weighted by atomic mass is 19.4. The number of piperidine rings is 1. The standard InChI is InChI=1S/C21H18F3N7O/c22-21(23,24)17-10-13(5-6-26-17)15-3-4-16-19(28-15)31(14-2-1-9-30(16)12-14)20(32)29-18-11-25-7-8-27-18/h3-8,10-11,14H,1-2,9,12H2,(H,27,29,32)/t14-/m0/s1. The normalized spacial score (nSPS) is 17.7. The topological polar surface area (TPSA) is 87.1 Å². The summed E-state index contributed by atoms with van der Waals surface area (Å²) < 4.78 is 39.4. The molecule has 3 aromatic heterocycles. The lowest BCUT2D eigenvalue weighted by Gasteiger charge is -2.45. The van der Waals surface area contributed by atoms with E-state index in [4.69, 9.17) is 0 Å². The molecule has 32 heavy (non-hydrogen) atoms. The van der Waals surface area contributed by atoms with Crippen LogP contribution in [0.1, 0.15) is 18.5 Å². The highest BCUT2D eigenvalue weighted by Gasteiger charge is 2.38. The Balaban J connectivity index is 1.55. The van der Waals surface area contributed by atoms with Crippen molar-refractivity contribution in [2.45, 2.75) is 25.1 Å². The minimum Gasteiger partial charge on any atom is -0.366 e. The van der Waals surface area contributed by atoms with E-state index in [0.29, 0.717) is 23.9 Å². The molecule has 3 aromatic rings. The summed E-state index contributed by atoms with van der Waals surface area (Å²) in [5.41, 5.74) is 0.377. The maximum atomic E-state index is 13.2. The molecule has 0 aliphatic carbocycles. The van der Waals surface area contributed by atoms with E-state index in [0.717, 1.165) is 37.3 Å². The van der Waals surface area contributed by atoms with Crippen LogP contribution >= 0.6 is 0 Å². The average molecular weight is 441 g/mol. The minimum absolute atomic E-state index is 0.112. The molecule has 2 aliphatic heterocycles. The summed E-state index contributed by atoms with van der Waals surface area (Å²) in [5, 5.41) is 2.74. The van der Waals surface area contributed by atoms with Crippen molar-refractivity contribution in [1.29, 1.82) is 0 Å². The fourth-order valence-corrected chi connectivity index (χ4v) is 4.12. The molecule has 0 unspecified atom stereocenters. The van der Waals surface area contributed by atoms with Crippen molar-refractivity contribution in [3.63, 3.8) is 0 Å². The van der Waals surface area contributed by atoms with Gasteiger partial charge in [-0.15, -0.1) is 0 Å². The van der Waals surface area contributed by atoms with E-state index in [2.05, 4.69) is 30.2 Å². The maximum absolute atomic E-state index is 13.2. The predicted octanol–water partition coefficient (Wildman–Crippen LogP) is 3.97. The fraction of sp³-hybridized carbons (Fsp3) is 0.286. The van der Waals surface area contributed by atoms with Crippen LogP contribution < -0.4 is 15.1 Å². The summed E-state index contributed by atoms with van der Waals surface area (Å²) in [4.78, 5) is 33.0. The van der Waals surface area contributed by atoms with Gasteiger partial charge < -0.3 is 4.90 Å². The lowest BCUT2D eigenvalue weighted by molar-refractivity contribution is -0.141. The molecule has 1 fully saturated rings. The first-order chi connectivity index (χ1) is 15.4. The van der Waals surface area contributed by atoms with E-state index in [1.54, 1.807) is 17.0 Å². The van der Waals surface area contributed by atoms with Gasteiger partial charge in [-0.2, -0.15) is 13.2 Å². The number of amides is 2. The van der Waals surface area contributed by atoms with E-state index in [1.165, 1.54) is 24.7 Å². The quantitative estimate of drug-likeness (QED) is 0.648. The van der Waals surface area contributed by atoms with Crippen LogP contribution in [0.4, 0.5) is 35.3 Å². The number of urea groups is 1. The Hall–Kier alpha value is -3.76. The third kappa shape index (κ3) is 3.70.